The second kappa shape index (κ2) is 7.81. The topological polar surface area (TPSA) is 82.1 Å². The lowest BCUT2D eigenvalue weighted by molar-refractivity contribution is 0.0678. The number of ether oxygens (including phenoxy) is 3. The van der Waals surface area contributed by atoms with E-state index in [1.165, 1.54) is 24.3 Å². The largest absolute Gasteiger partial charge is 0.491 e. The number of hydrogen-bond donors (Lipinski definition) is 1. The maximum Gasteiger partial charge on any atom is 0.343 e. The number of carbonyl (C=O) groups excluding carboxylic acids is 1. The van der Waals surface area contributed by atoms with Crippen molar-refractivity contribution in [3.63, 3.8) is 0 Å². The normalized spacial score (nSPS) is 16.4. The SMILES string of the molecule is O=C(O)c1ccc(OC(=O)c2ccc(OCC3CCCO3)cc2)cc1. The first-order chi connectivity index (χ1) is 12.1. The molecule has 1 aliphatic rings. The third-order valence-corrected chi connectivity index (χ3v) is 3.86. The molecule has 3 rings (SSSR count). The van der Waals surface area contributed by atoms with Crippen molar-refractivity contribution >= 4 is 11.9 Å². The van der Waals surface area contributed by atoms with Gasteiger partial charge in [0.1, 0.15) is 18.1 Å². The minimum atomic E-state index is -1.03. The Kier molecular flexibility index (Phi) is 5.30. The van der Waals surface area contributed by atoms with Gasteiger partial charge in [-0.05, 0) is 61.4 Å². The summed E-state index contributed by atoms with van der Waals surface area (Å²) in [6.45, 7) is 1.28. The molecule has 1 fully saturated rings. The molecule has 0 bridgehead atoms. The quantitative estimate of drug-likeness (QED) is 0.641. The highest BCUT2D eigenvalue weighted by molar-refractivity contribution is 5.91. The molecular weight excluding hydrogens is 324 g/mol. The summed E-state index contributed by atoms with van der Waals surface area (Å²) in [6, 6.07) is 12.3. The molecule has 1 unspecified atom stereocenters. The number of benzene rings is 2. The van der Waals surface area contributed by atoms with Gasteiger partial charge in [0.05, 0.1) is 17.2 Å². The van der Waals surface area contributed by atoms with Crippen LogP contribution in [0.5, 0.6) is 11.5 Å². The van der Waals surface area contributed by atoms with E-state index >= 15 is 0 Å². The zero-order chi connectivity index (χ0) is 17.6. The molecule has 0 aromatic heterocycles. The number of esters is 1. The Morgan fingerprint density at radius 3 is 2.24 bits per heavy atom. The van der Waals surface area contributed by atoms with Crippen molar-refractivity contribution in [2.24, 2.45) is 0 Å². The average molecular weight is 342 g/mol. The van der Waals surface area contributed by atoms with Crippen molar-refractivity contribution in [2.75, 3.05) is 13.2 Å². The van der Waals surface area contributed by atoms with Crippen molar-refractivity contribution in [3.8, 4) is 11.5 Å². The molecule has 2 aromatic carbocycles. The van der Waals surface area contributed by atoms with E-state index in [2.05, 4.69) is 0 Å². The number of hydrogen-bond acceptors (Lipinski definition) is 5. The lowest BCUT2D eigenvalue weighted by atomic mass is 10.2. The summed E-state index contributed by atoms with van der Waals surface area (Å²) in [5.74, 6) is -0.600. The molecule has 0 saturated carbocycles. The summed E-state index contributed by atoms with van der Waals surface area (Å²) in [7, 11) is 0. The first-order valence-corrected chi connectivity index (χ1v) is 8.02. The van der Waals surface area contributed by atoms with Gasteiger partial charge >= 0.3 is 11.9 Å². The predicted molar refractivity (Wildman–Crippen MR) is 89.3 cm³/mol. The van der Waals surface area contributed by atoms with Gasteiger partial charge < -0.3 is 19.3 Å². The molecule has 1 aliphatic heterocycles. The molecule has 6 heteroatoms. The van der Waals surface area contributed by atoms with Gasteiger partial charge in [0, 0.05) is 6.61 Å². The molecule has 130 valence electrons. The Balaban J connectivity index is 1.55. The van der Waals surface area contributed by atoms with Crippen molar-refractivity contribution in [1.82, 2.24) is 0 Å². The predicted octanol–water partition coefficient (Wildman–Crippen LogP) is 3.16. The van der Waals surface area contributed by atoms with E-state index in [0.717, 1.165) is 19.4 Å². The Hall–Kier alpha value is -2.86. The Labute approximate surface area is 144 Å². The first kappa shape index (κ1) is 17.0. The van der Waals surface area contributed by atoms with Gasteiger partial charge in [-0.15, -0.1) is 0 Å². The molecule has 6 nitrogen and oxygen atoms in total. The Morgan fingerprint density at radius 2 is 1.64 bits per heavy atom. The van der Waals surface area contributed by atoms with Crippen LogP contribution in [0.1, 0.15) is 33.6 Å². The molecule has 1 heterocycles. The molecular formula is C19H18O6. The van der Waals surface area contributed by atoms with Crippen LogP contribution in [-0.2, 0) is 4.74 Å². The second-order valence-electron chi connectivity index (χ2n) is 5.69. The van der Waals surface area contributed by atoms with Crippen molar-refractivity contribution in [2.45, 2.75) is 18.9 Å². The number of aromatic carboxylic acids is 1. The molecule has 1 atom stereocenters. The summed E-state index contributed by atoms with van der Waals surface area (Å²) in [5, 5.41) is 8.85. The summed E-state index contributed by atoms with van der Waals surface area (Å²) in [6.07, 6.45) is 2.20. The monoisotopic (exact) mass is 342 g/mol. The van der Waals surface area contributed by atoms with Gasteiger partial charge in [-0.2, -0.15) is 0 Å². The van der Waals surface area contributed by atoms with Crippen LogP contribution >= 0.6 is 0 Å². The van der Waals surface area contributed by atoms with Crippen LogP contribution in [0.3, 0.4) is 0 Å². The zero-order valence-electron chi connectivity index (χ0n) is 13.5. The van der Waals surface area contributed by atoms with E-state index in [-0.39, 0.29) is 17.4 Å². The highest BCUT2D eigenvalue weighted by Crippen LogP contribution is 2.18. The lowest BCUT2D eigenvalue weighted by Crippen LogP contribution is -2.16. The van der Waals surface area contributed by atoms with E-state index in [9.17, 15) is 9.59 Å². The molecule has 0 aliphatic carbocycles. The lowest BCUT2D eigenvalue weighted by Gasteiger charge is -2.11. The number of carbonyl (C=O) groups is 2. The fraction of sp³-hybridized carbons (Fsp3) is 0.263. The maximum atomic E-state index is 12.1. The first-order valence-electron chi connectivity index (χ1n) is 8.02. The number of rotatable bonds is 6. The minimum absolute atomic E-state index is 0.132. The molecule has 0 radical (unpaired) electrons. The average Bonchev–Trinajstić information content (AvgIpc) is 3.14. The van der Waals surface area contributed by atoms with Gasteiger partial charge in [0.2, 0.25) is 0 Å². The summed E-state index contributed by atoms with van der Waals surface area (Å²) in [4.78, 5) is 22.9. The van der Waals surface area contributed by atoms with Gasteiger partial charge in [0.25, 0.3) is 0 Å². The Morgan fingerprint density at radius 1 is 1.00 bits per heavy atom. The van der Waals surface area contributed by atoms with E-state index in [1.54, 1.807) is 24.3 Å². The number of carboxylic acid groups (broad SMARTS) is 1. The van der Waals surface area contributed by atoms with Gasteiger partial charge in [0.15, 0.2) is 0 Å². The van der Waals surface area contributed by atoms with E-state index in [1.807, 2.05) is 0 Å². The van der Waals surface area contributed by atoms with Crippen molar-refractivity contribution in [1.29, 1.82) is 0 Å². The Bertz CT molecular complexity index is 730. The summed E-state index contributed by atoms with van der Waals surface area (Å²) in [5.41, 5.74) is 0.513. The third-order valence-electron chi connectivity index (χ3n) is 3.86. The molecule has 0 spiro atoms. The fourth-order valence-electron chi connectivity index (χ4n) is 2.48. The standard InChI is InChI=1S/C19H18O6/c20-18(21)13-3-9-16(10-4-13)25-19(22)14-5-7-15(8-6-14)24-12-17-2-1-11-23-17/h3-10,17H,1-2,11-12H2,(H,20,21). The highest BCUT2D eigenvalue weighted by Gasteiger charge is 2.16. The summed E-state index contributed by atoms with van der Waals surface area (Å²) >= 11 is 0. The van der Waals surface area contributed by atoms with Gasteiger partial charge in [-0.25, -0.2) is 9.59 Å². The van der Waals surface area contributed by atoms with Crippen LogP contribution in [0.25, 0.3) is 0 Å². The van der Waals surface area contributed by atoms with Gasteiger partial charge in [-0.3, -0.25) is 0 Å². The molecule has 0 amide bonds. The van der Waals surface area contributed by atoms with Crippen LogP contribution in [0, 0.1) is 0 Å². The fourth-order valence-corrected chi connectivity index (χ4v) is 2.48. The second-order valence-corrected chi connectivity index (χ2v) is 5.69. The van der Waals surface area contributed by atoms with Crippen LogP contribution < -0.4 is 9.47 Å². The minimum Gasteiger partial charge on any atom is -0.491 e. The molecule has 1 N–H and O–H groups in total. The van der Waals surface area contributed by atoms with Crippen LogP contribution in [0.2, 0.25) is 0 Å². The van der Waals surface area contributed by atoms with E-state index < -0.39 is 11.9 Å². The maximum absolute atomic E-state index is 12.1. The molecule has 25 heavy (non-hydrogen) atoms. The van der Waals surface area contributed by atoms with Gasteiger partial charge in [-0.1, -0.05) is 0 Å². The molecule has 2 aromatic rings. The third kappa shape index (κ3) is 4.58. The zero-order valence-corrected chi connectivity index (χ0v) is 13.5. The highest BCUT2D eigenvalue weighted by atomic mass is 16.5. The smallest absolute Gasteiger partial charge is 0.343 e. The van der Waals surface area contributed by atoms with E-state index in [0.29, 0.717) is 17.9 Å². The van der Waals surface area contributed by atoms with Crippen LogP contribution in [-0.4, -0.2) is 36.4 Å². The van der Waals surface area contributed by atoms with Crippen LogP contribution in [0.4, 0.5) is 0 Å². The molecule has 1 saturated heterocycles. The van der Waals surface area contributed by atoms with E-state index in [4.69, 9.17) is 19.3 Å². The van der Waals surface area contributed by atoms with Crippen LogP contribution in [0.15, 0.2) is 48.5 Å². The summed E-state index contributed by atoms with van der Waals surface area (Å²) < 4.78 is 16.4. The van der Waals surface area contributed by atoms with Crippen molar-refractivity contribution < 1.29 is 28.9 Å². The number of carboxylic acids is 1. The van der Waals surface area contributed by atoms with Crippen molar-refractivity contribution in [3.05, 3.63) is 59.7 Å².